The molecule has 0 bridgehead atoms. The predicted octanol–water partition coefficient (Wildman–Crippen LogP) is 2.21. The minimum absolute atomic E-state index is 0.365. The van der Waals surface area contributed by atoms with Gasteiger partial charge in [-0.15, -0.1) is 5.26 Å². The molecule has 0 aliphatic heterocycles. The molecular weight excluding hydrogens is 178 g/mol. The van der Waals surface area contributed by atoms with Crippen LogP contribution in [0.3, 0.4) is 0 Å². The molecule has 0 aliphatic carbocycles. The van der Waals surface area contributed by atoms with Crippen molar-refractivity contribution in [3.63, 3.8) is 0 Å². The predicted molar refractivity (Wildman–Crippen MR) is 44.2 cm³/mol. The first-order valence-electron chi connectivity index (χ1n) is 3.17. The smallest absolute Gasteiger partial charge is 0.292 e. The minimum atomic E-state index is 0.365. The fraction of sp³-hybridized carbons (Fsp3) is 0.125. The summed E-state index contributed by atoms with van der Waals surface area (Å²) in [6.45, 7) is 0. The van der Waals surface area contributed by atoms with E-state index in [-0.39, 0.29) is 0 Å². The molecule has 0 unspecified atom stereocenters. The molecular formula is C8H6ClNO2. The maximum atomic E-state index is 8.25. The van der Waals surface area contributed by atoms with Crippen LogP contribution < -0.4 is 9.47 Å². The number of hydrogen-bond donors (Lipinski definition) is 0. The van der Waals surface area contributed by atoms with Crippen molar-refractivity contribution in [1.82, 2.24) is 0 Å². The molecule has 0 radical (unpaired) electrons. The second-order valence-corrected chi connectivity index (χ2v) is 2.42. The van der Waals surface area contributed by atoms with Gasteiger partial charge in [-0.1, -0.05) is 11.6 Å². The van der Waals surface area contributed by atoms with Crippen LogP contribution >= 0.6 is 11.6 Å². The van der Waals surface area contributed by atoms with E-state index in [1.54, 1.807) is 24.5 Å². The number of benzene rings is 1. The Labute approximate surface area is 75.1 Å². The lowest BCUT2D eigenvalue weighted by Crippen LogP contribution is -1.88. The van der Waals surface area contributed by atoms with Crippen molar-refractivity contribution in [2.45, 2.75) is 0 Å². The lowest BCUT2D eigenvalue weighted by Gasteiger charge is -2.04. The third-order valence-corrected chi connectivity index (χ3v) is 1.52. The molecule has 62 valence electrons. The summed E-state index contributed by atoms with van der Waals surface area (Å²) in [4.78, 5) is 0. The molecule has 0 aromatic heterocycles. The van der Waals surface area contributed by atoms with Crippen molar-refractivity contribution in [2.24, 2.45) is 0 Å². The number of halogens is 1. The van der Waals surface area contributed by atoms with Gasteiger partial charge in [0, 0.05) is 11.1 Å². The first kappa shape index (κ1) is 8.69. The summed E-state index contributed by atoms with van der Waals surface area (Å²) in [5.41, 5.74) is 0. The van der Waals surface area contributed by atoms with Crippen molar-refractivity contribution >= 4 is 11.6 Å². The van der Waals surface area contributed by atoms with E-state index in [1.807, 2.05) is 0 Å². The van der Waals surface area contributed by atoms with Gasteiger partial charge in [-0.2, -0.15) is 0 Å². The Hall–Kier alpha value is -1.40. The van der Waals surface area contributed by atoms with Crippen molar-refractivity contribution in [2.75, 3.05) is 7.11 Å². The molecule has 4 heteroatoms. The van der Waals surface area contributed by atoms with Crippen LogP contribution in [0.25, 0.3) is 0 Å². The third-order valence-electron chi connectivity index (χ3n) is 1.28. The minimum Gasteiger partial charge on any atom is -0.493 e. The highest BCUT2D eigenvalue weighted by Crippen LogP contribution is 2.29. The second-order valence-electron chi connectivity index (χ2n) is 1.99. The van der Waals surface area contributed by atoms with Gasteiger partial charge in [0.1, 0.15) is 0 Å². The molecule has 0 N–H and O–H groups in total. The van der Waals surface area contributed by atoms with Gasteiger partial charge in [0.2, 0.25) is 0 Å². The molecule has 0 aliphatic rings. The van der Waals surface area contributed by atoms with Gasteiger partial charge >= 0.3 is 0 Å². The molecule has 0 saturated heterocycles. The van der Waals surface area contributed by atoms with E-state index in [1.165, 1.54) is 7.11 Å². The molecule has 3 nitrogen and oxygen atoms in total. The molecule has 0 fully saturated rings. The molecule has 12 heavy (non-hydrogen) atoms. The zero-order valence-electron chi connectivity index (χ0n) is 6.37. The fourth-order valence-electron chi connectivity index (χ4n) is 0.775. The quantitative estimate of drug-likeness (QED) is 0.661. The summed E-state index contributed by atoms with van der Waals surface area (Å²) in [5, 5.41) is 8.79. The van der Waals surface area contributed by atoms with Crippen molar-refractivity contribution in [1.29, 1.82) is 5.26 Å². The van der Waals surface area contributed by atoms with Gasteiger partial charge in [-0.05, 0) is 12.1 Å². The molecule has 1 aromatic carbocycles. The average Bonchev–Trinajstić information content (AvgIpc) is 2.08. The SMILES string of the molecule is COc1cc(Cl)ccc1OC#N. The Morgan fingerprint density at radius 3 is 2.75 bits per heavy atom. The van der Waals surface area contributed by atoms with Crippen LogP contribution in [-0.2, 0) is 0 Å². The second kappa shape index (κ2) is 3.84. The van der Waals surface area contributed by atoms with E-state index in [0.29, 0.717) is 16.5 Å². The van der Waals surface area contributed by atoms with Gasteiger partial charge in [0.15, 0.2) is 11.5 Å². The Bertz CT molecular complexity index is 319. The summed E-state index contributed by atoms with van der Waals surface area (Å²) in [6, 6.07) is 4.77. The topological polar surface area (TPSA) is 42.2 Å². The Balaban J connectivity index is 3.04. The van der Waals surface area contributed by atoms with E-state index in [4.69, 9.17) is 21.6 Å². The fourth-order valence-corrected chi connectivity index (χ4v) is 0.937. The van der Waals surface area contributed by atoms with Gasteiger partial charge in [-0.3, -0.25) is 0 Å². The maximum Gasteiger partial charge on any atom is 0.292 e. The highest BCUT2D eigenvalue weighted by Gasteiger charge is 2.03. The largest absolute Gasteiger partial charge is 0.493 e. The van der Waals surface area contributed by atoms with Crippen molar-refractivity contribution in [3.8, 4) is 17.8 Å². The molecule has 0 heterocycles. The standard InChI is InChI=1S/C8H6ClNO2/c1-11-8-4-6(9)2-3-7(8)12-5-10/h2-4H,1H3. The lowest BCUT2D eigenvalue weighted by molar-refractivity contribution is 0.384. The van der Waals surface area contributed by atoms with Crippen molar-refractivity contribution < 1.29 is 9.47 Å². The molecule has 0 amide bonds. The van der Waals surface area contributed by atoms with Gasteiger partial charge in [0.05, 0.1) is 7.11 Å². The van der Waals surface area contributed by atoms with Crippen LogP contribution in [0.15, 0.2) is 18.2 Å². The molecule has 0 spiro atoms. The van der Waals surface area contributed by atoms with E-state index in [9.17, 15) is 0 Å². The average molecular weight is 184 g/mol. The molecule has 1 rings (SSSR count). The number of nitriles is 1. The van der Waals surface area contributed by atoms with Crippen LogP contribution in [0.2, 0.25) is 5.02 Å². The Kier molecular flexibility index (Phi) is 2.78. The summed E-state index contributed by atoms with van der Waals surface area (Å²) in [6.07, 6.45) is 1.56. The molecule has 0 saturated carbocycles. The van der Waals surface area contributed by atoms with Crippen molar-refractivity contribution in [3.05, 3.63) is 23.2 Å². The summed E-state index contributed by atoms with van der Waals surface area (Å²) < 4.78 is 9.52. The van der Waals surface area contributed by atoms with Crippen LogP contribution in [0.4, 0.5) is 0 Å². The summed E-state index contributed by atoms with van der Waals surface area (Å²) >= 11 is 5.68. The number of rotatable bonds is 2. The van der Waals surface area contributed by atoms with Crippen LogP contribution in [-0.4, -0.2) is 7.11 Å². The Morgan fingerprint density at radius 2 is 2.17 bits per heavy atom. The van der Waals surface area contributed by atoms with E-state index in [2.05, 4.69) is 4.74 Å². The number of ether oxygens (including phenoxy) is 2. The van der Waals surface area contributed by atoms with E-state index in [0.717, 1.165) is 0 Å². The van der Waals surface area contributed by atoms with Crippen LogP contribution in [0.5, 0.6) is 11.5 Å². The third kappa shape index (κ3) is 1.80. The van der Waals surface area contributed by atoms with Crippen LogP contribution in [0, 0.1) is 11.5 Å². The normalized spacial score (nSPS) is 8.75. The zero-order chi connectivity index (χ0) is 8.97. The number of nitrogens with zero attached hydrogens (tertiary/aromatic N) is 1. The first-order valence-corrected chi connectivity index (χ1v) is 3.55. The Morgan fingerprint density at radius 1 is 1.42 bits per heavy atom. The van der Waals surface area contributed by atoms with Gasteiger partial charge in [-0.25, -0.2) is 0 Å². The number of hydrogen-bond acceptors (Lipinski definition) is 3. The summed E-state index contributed by atoms with van der Waals surface area (Å²) in [5.74, 6) is 0.813. The zero-order valence-corrected chi connectivity index (χ0v) is 7.13. The molecule has 1 aromatic rings. The monoisotopic (exact) mass is 183 g/mol. The molecule has 0 atom stereocenters. The summed E-state index contributed by atoms with van der Waals surface area (Å²) in [7, 11) is 1.48. The van der Waals surface area contributed by atoms with Gasteiger partial charge < -0.3 is 9.47 Å². The highest BCUT2D eigenvalue weighted by atomic mass is 35.5. The van der Waals surface area contributed by atoms with E-state index >= 15 is 0 Å². The van der Waals surface area contributed by atoms with E-state index < -0.39 is 0 Å². The highest BCUT2D eigenvalue weighted by molar-refractivity contribution is 6.30. The lowest BCUT2D eigenvalue weighted by atomic mass is 10.3. The first-order chi connectivity index (χ1) is 5.77. The van der Waals surface area contributed by atoms with Crippen LogP contribution in [0.1, 0.15) is 0 Å². The number of methoxy groups -OCH3 is 1. The maximum absolute atomic E-state index is 8.25. The van der Waals surface area contributed by atoms with Gasteiger partial charge in [0.25, 0.3) is 6.26 Å².